The van der Waals surface area contributed by atoms with Gasteiger partial charge in [0.05, 0.1) is 6.54 Å². The lowest BCUT2D eigenvalue weighted by atomic mass is 10.4. The molecular formula is C9H9BrFN5. The van der Waals surface area contributed by atoms with E-state index >= 15 is 0 Å². The molecule has 0 aliphatic carbocycles. The van der Waals surface area contributed by atoms with E-state index < -0.39 is 5.82 Å². The third-order valence-corrected chi connectivity index (χ3v) is 2.46. The van der Waals surface area contributed by atoms with Gasteiger partial charge in [-0.15, -0.1) is 10.2 Å². The highest BCUT2D eigenvalue weighted by atomic mass is 79.9. The average molecular weight is 286 g/mol. The molecule has 0 unspecified atom stereocenters. The van der Waals surface area contributed by atoms with E-state index in [0.29, 0.717) is 16.8 Å². The van der Waals surface area contributed by atoms with Gasteiger partial charge in [-0.2, -0.15) is 0 Å². The molecule has 2 heterocycles. The number of hydrogen-bond acceptors (Lipinski definition) is 4. The molecule has 0 saturated carbocycles. The van der Waals surface area contributed by atoms with Crippen LogP contribution in [0.4, 0.5) is 10.2 Å². The summed E-state index contributed by atoms with van der Waals surface area (Å²) in [5.41, 5.74) is 0. The zero-order valence-corrected chi connectivity index (χ0v) is 10.1. The van der Waals surface area contributed by atoms with Gasteiger partial charge in [0.15, 0.2) is 17.5 Å². The molecule has 0 fully saturated rings. The molecule has 0 saturated heterocycles. The number of halogens is 2. The van der Waals surface area contributed by atoms with Crippen LogP contribution in [0.15, 0.2) is 23.1 Å². The second-order valence-electron chi connectivity index (χ2n) is 3.20. The van der Waals surface area contributed by atoms with Gasteiger partial charge in [-0.25, -0.2) is 9.37 Å². The molecule has 0 aliphatic heterocycles. The second-order valence-corrected chi connectivity index (χ2v) is 4.11. The Morgan fingerprint density at radius 3 is 3.00 bits per heavy atom. The maximum absolute atomic E-state index is 13.4. The van der Waals surface area contributed by atoms with Crippen molar-refractivity contribution < 1.29 is 4.39 Å². The maximum Gasteiger partial charge on any atom is 0.166 e. The van der Waals surface area contributed by atoms with Gasteiger partial charge in [-0.3, -0.25) is 0 Å². The first-order valence-electron chi connectivity index (χ1n) is 4.54. The molecule has 0 atom stereocenters. The lowest BCUT2D eigenvalue weighted by Crippen LogP contribution is -2.08. The van der Waals surface area contributed by atoms with Crippen LogP contribution in [-0.4, -0.2) is 19.7 Å². The van der Waals surface area contributed by atoms with E-state index in [-0.39, 0.29) is 5.82 Å². The Kier molecular flexibility index (Phi) is 3.14. The molecule has 2 rings (SSSR count). The monoisotopic (exact) mass is 285 g/mol. The zero-order chi connectivity index (χ0) is 11.5. The quantitative estimate of drug-likeness (QED) is 0.933. The molecule has 16 heavy (non-hydrogen) atoms. The third kappa shape index (κ3) is 2.35. The van der Waals surface area contributed by atoms with Gasteiger partial charge in [0.1, 0.15) is 6.33 Å². The van der Waals surface area contributed by atoms with Crippen molar-refractivity contribution in [3.05, 3.63) is 34.7 Å². The Hall–Kier alpha value is -1.50. The number of nitrogens with one attached hydrogen (secondary N) is 1. The number of hydrogen-bond donors (Lipinski definition) is 1. The summed E-state index contributed by atoms with van der Waals surface area (Å²) in [6.07, 6.45) is 3.12. The zero-order valence-electron chi connectivity index (χ0n) is 8.48. The normalized spacial score (nSPS) is 10.4. The minimum Gasteiger partial charge on any atom is -0.360 e. The van der Waals surface area contributed by atoms with Crippen LogP contribution in [0.3, 0.4) is 0 Å². The summed E-state index contributed by atoms with van der Waals surface area (Å²) in [6.45, 7) is 0.377. The Morgan fingerprint density at radius 1 is 1.56 bits per heavy atom. The van der Waals surface area contributed by atoms with Crippen LogP contribution >= 0.6 is 15.9 Å². The first-order chi connectivity index (χ1) is 7.66. The van der Waals surface area contributed by atoms with Crippen LogP contribution in [0.25, 0.3) is 0 Å². The topological polar surface area (TPSA) is 55.6 Å². The van der Waals surface area contributed by atoms with Crippen molar-refractivity contribution in [3.63, 3.8) is 0 Å². The molecule has 0 bridgehead atoms. The third-order valence-electron chi connectivity index (χ3n) is 2.03. The first kappa shape index (κ1) is 11.0. The summed E-state index contributed by atoms with van der Waals surface area (Å²) in [6, 6.07) is 1.35. The fraction of sp³-hybridized carbons (Fsp3) is 0.222. The van der Waals surface area contributed by atoms with Crippen molar-refractivity contribution in [2.75, 3.05) is 5.32 Å². The molecule has 0 radical (unpaired) electrons. The summed E-state index contributed by atoms with van der Waals surface area (Å²) in [5.74, 6) is 0.506. The standard InChI is InChI=1S/C9H9BrFN5/c1-16-5-14-15-8(16)4-13-9-7(11)2-6(10)3-12-9/h2-3,5H,4H2,1H3,(H,12,13). The summed E-state index contributed by atoms with van der Waals surface area (Å²) in [7, 11) is 1.82. The molecule has 2 aromatic heterocycles. The molecule has 5 nitrogen and oxygen atoms in total. The summed E-state index contributed by atoms with van der Waals surface area (Å²) >= 11 is 3.14. The van der Waals surface area contributed by atoms with Gasteiger partial charge in [0.25, 0.3) is 0 Å². The minimum atomic E-state index is -0.406. The van der Waals surface area contributed by atoms with E-state index in [1.807, 2.05) is 7.05 Å². The van der Waals surface area contributed by atoms with E-state index in [2.05, 4.69) is 36.4 Å². The number of pyridine rings is 1. The van der Waals surface area contributed by atoms with Crippen molar-refractivity contribution in [2.24, 2.45) is 7.05 Å². The van der Waals surface area contributed by atoms with Crippen molar-refractivity contribution in [3.8, 4) is 0 Å². The van der Waals surface area contributed by atoms with Gasteiger partial charge in [0, 0.05) is 17.7 Å². The van der Waals surface area contributed by atoms with Crippen LogP contribution in [-0.2, 0) is 13.6 Å². The Bertz CT molecular complexity index is 498. The second kappa shape index (κ2) is 4.56. The molecule has 0 aromatic carbocycles. The Morgan fingerprint density at radius 2 is 2.38 bits per heavy atom. The highest BCUT2D eigenvalue weighted by molar-refractivity contribution is 9.10. The smallest absolute Gasteiger partial charge is 0.166 e. The fourth-order valence-electron chi connectivity index (χ4n) is 1.17. The molecule has 2 aromatic rings. The SMILES string of the molecule is Cn1cnnc1CNc1ncc(Br)cc1F. The van der Waals surface area contributed by atoms with E-state index in [4.69, 9.17) is 0 Å². The number of rotatable bonds is 3. The fourth-order valence-corrected chi connectivity index (χ4v) is 1.48. The van der Waals surface area contributed by atoms with Crippen LogP contribution in [0, 0.1) is 5.82 Å². The lowest BCUT2D eigenvalue weighted by molar-refractivity contribution is 0.622. The number of aromatic nitrogens is 4. The predicted octanol–water partition coefficient (Wildman–Crippen LogP) is 1.72. The molecule has 0 aliphatic rings. The molecular weight excluding hydrogens is 277 g/mol. The highest BCUT2D eigenvalue weighted by Crippen LogP contribution is 2.16. The summed E-state index contributed by atoms with van der Waals surface area (Å²) in [4.78, 5) is 3.92. The molecule has 7 heteroatoms. The number of nitrogens with zero attached hydrogens (tertiary/aromatic N) is 4. The molecule has 0 amide bonds. The maximum atomic E-state index is 13.4. The Balaban J connectivity index is 2.08. The van der Waals surface area contributed by atoms with Crippen molar-refractivity contribution in [1.29, 1.82) is 0 Å². The number of aryl methyl sites for hydroxylation is 1. The summed E-state index contributed by atoms with van der Waals surface area (Å²) in [5, 5.41) is 10.4. The van der Waals surface area contributed by atoms with Gasteiger partial charge >= 0.3 is 0 Å². The first-order valence-corrected chi connectivity index (χ1v) is 5.34. The van der Waals surface area contributed by atoms with E-state index in [0.717, 1.165) is 0 Å². The molecule has 1 N–H and O–H groups in total. The average Bonchev–Trinajstić information content (AvgIpc) is 2.63. The van der Waals surface area contributed by atoms with Gasteiger partial charge in [-0.1, -0.05) is 0 Å². The van der Waals surface area contributed by atoms with Gasteiger partial charge in [-0.05, 0) is 22.0 Å². The van der Waals surface area contributed by atoms with Gasteiger partial charge < -0.3 is 9.88 Å². The largest absolute Gasteiger partial charge is 0.360 e. The predicted molar refractivity (Wildman–Crippen MR) is 60.2 cm³/mol. The molecule has 84 valence electrons. The summed E-state index contributed by atoms with van der Waals surface area (Å²) < 4.78 is 15.7. The minimum absolute atomic E-state index is 0.200. The van der Waals surface area contributed by atoms with Crippen molar-refractivity contribution in [1.82, 2.24) is 19.7 Å². The lowest BCUT2D eigenvalue weighted by Gasteiger charge is -2.05. The Labute approximate surface area is 99.8 Å². The van der Waals surface area contributed by atoms with Crippen molar-refractivity contribution >= 4 is 21.7 Å². The van der Waals surface area contributed by atoms with E-state index in [9.17, 15) is 4.39 Å². The van der Waals surface area contributed by atoms with Crippen LogP contribution in [0.2, 0.25) is 0 Å². The highest BCUT2D eigenvalue weighted by Gasteiger charge is 2.05. The number of anilines is 1. The van der Waals surface area contributed by atoms with Gasteiger partial charge in [0.2, 0.25) is 0 Å². The van der Waals surface area contributed by atoms with Crippen LogP contribution in [0.1, 0.15) is 5.82 Å². The van der Waals surface area contributed by atoms with Crippen LogP contribution < -0.4 is 5.32 Å². The van der Waals surface area contributed by atoms with E-state index in [1.165, 1.54) is 12.3 Å². The van der Waals surface area contributed by atoms with Crippen LogP contribution in [0.5, 0.6) is 0 Å². The molecule has 0 spiro atoms. The van der Waals surface area contributed by atoms with Crippen molar-refractivity contribution in [2.45, 2.75) is 6.54 Å². The van der Waals surface area contributed by atoms with E-state index in [1.54, 1.807) is 10.9 Å².